The number of benzene rings is 1. The van der Waals surface area contributed by atoms with Gasteiger partial charge in [0.25, 0.3) is 5.91 Å². The van der Waals surface area contributed by atoms with Gasteiger partial charge in [-0.15, -0.1) is 0 Å². The van der Waals surface area contributed by atoms with Crippen LogP contribution in [0.2, 0.25) is 0 Å². The molecular weight excluding hydrogens is 360 g/mol. The molecule has 0 radical (unpaired) electrons. The molecule has 2 N–H and O–H groups in total. The van der Waals surface area contributed by atoms with E-state index >= 15 is 0 Å². The molecule has 2 aromatic rings. The molecule has 0 saturated heterocycles. The van der Waals surface area contributed by atoms with Crippen LogP contribution in [0.3, 0.4) is 0 Å². The fourth-order valence-corrected chi connectivity index (χ4v) is 3.31. The highest BCUT2D eigenvalue weighted by Crippen LogP contribution is 2.20. The van der Waals surface area contributed by atoms with Crippen molar-refractivity contribution in [2.45, 2.75) is 50.7 Å². The molecule has 2 amide bonds. The molecule has 0 aliphatic heterocycles. The summed E-state index contributed by atoms with van der Waals surface area (Å²) in [5, 5.41) is 6.58. The highest BCUT2D eigenvalue weighted by Gasteiger charge is 2.23. The number of aromatic nitrogens is 2. The number of carbonyl (C=O) groups excluding carboxylic acids is 2. The van der Waals surface area contributed by atoms with E-state index in [4.69, 9.17) is 0 Å². The Balaban J connectivity index is 1.59. The first kappa shape index (κ1) is 19.4. The maximum absolute atomic E-state index is 12.3. The third-order valence-corrected chi connectivity index (χ3v) is 5.05. The van der Waals surface area contributed by atoms with Crippen molar-refractivity contribution in [1.82, 2.24) is 15.3 Å². The summed E-state index contributed by atoms with van der Waals surface area (Å²) in [6.45, 7) is 3.90. The van der Waals surface area contributed by atoms with E-state index in [2.05, 4.69) is 20.6 Å². The van der Waals surface area contributed by atoms with E-state index in [0.717, 1.165) is 34.9 Å². The molecule has 1 aromatic carbocycles. The van der Waals surface area contributed by atoms with Gasteiger partial charge in [0.2, 0.25) is 5.91 Å². The summed E-state index contributed by atoms with van der Waals surface area (Å²) in [7, 11) is 0. The molecule has 142 valence electrons. The predicted octanol–water partition coefficient (Wildman–Crippen LogP) is 3.28. The number of carbonyl (C=O) groups is 2. The van der Waals surface area contributed by atoms with Crippen LogP contribution in [-0.4, -0.2) is 34.1 Å². The zero-order valence-corrected chi connectivity index (χ0v) is 16.7. The molecule has 0 spiro atoms. The van der Waals surface area contributed by atoms with Crippen LogP contribution in [0.5, 0.6) is 0 Å². The largest absolute Gasteiger partial charge is 0.349 e. The molecule has 27 heavy (non-hydrogen) atoms. The van der Waals surface area contributed by atoms with Crippen molar-refractivity contribution in [3.63, 3.8) is 0 Å². The van der Waals surface area contributed by atoms with Crippen molar-refractivity contribution >= 4 is 29.3 Å². The topological polar surface area (TPSA) is 84.0 Å². The number of hydrogen-bond donors (Lipinski definition) is 2. The maximum atomic E-state index is 12.3. The number of aryl methyl sites for hydroxylation is 2. The highest BCUT2D eigenvalue weighted by atomic mass is 32.2. The monoisotopic (exact) mass is 384 g/mol. The average Bonchev–Trinajstić information content (AvgIpc) is 3.45. The van der Waals surface area contributed by atoms with Crippen molar-refractivity contribution in [3.8, 4) is 0 Å². The average molecular weight is 385 g/mol. The van der Waals surface area contributed by atoms with Crippen LogP contribution in [0.25, 0.3) is 0 Å². The number of hydrogen-bond acceptors (Lipinski definition) is 5. The first-order valence-corrected chi connectivity index (χ1v) is 10.3. The first-order chi connectivity index (χ1) is 13.0. The van der Waals surface area contributed by atoms with Gasteiger partial charge >= 0.3 is 0 Å². The number of amides is 2. The molecular formula is C20H24N4O2S. The molecule has 6 nitrogen and oxygen atoms in total. The van der Waals surface area contributed by atoms with Crippen LogP contribution in [0.4, 0.5) is 5.69 Å². The van der Waals surface area contributed by atoms with Crippen molar-refractivity contribution in [2.24, 2.45) is 0 Å². The quantitative estimate of drug-likeness (QED) is 0.565. The Morgan fingerprint density at radius 2 is 1.89 bits per heavy atom. The molecule has 7 heteroatoms. The lowest BCUT2D eigenvalue weighted by molar-refractivity contribution is -0.116. The molecule has 0 unspecified atom stereocenters. The second-order valence-electron chi connectivity index (χ2n) is 6.74. The smallest absolute Gasteiger partial charge is 0.251 e. The van der Waals surface area contributed by atoms with Crippen LogP contribution >= 0.6 is 11.8 Å². The van der Waals surface area contributed by atoms with E-state index in [-0.39, 0.29) is 11.8 Å². The highest BCUT2D eigenvalue weighted by molar-refractivity contribution is 7.98. The summed E-state index contributed by atoms with van der Waals surface area (Å²) in [6.07, 6.45) is 4.95. The summed E-state index contributed by atoms with van der Waals surface area (Å²) in [5.41, 5.74) is 4.04. The first-order valence-electron chi connectivity index (χ1n) is 9.05. The number of nitrogens with zero attached hydrogens (tertiary/aromatic N) is 2. The standard InChI is InChI=1S/C20H24N4O2S/c1-12-17(13(2)22-20(21-12)27-3)9-10-18(25)23-16-6-4-5-14(11-16)19(26)24-15-7-8-15/h4-6,11,15H,7-10H2,1-3H3,(H,23,25)(H,24,26). The van der Waals surface area contributed by atoms with Gasteiger partial charge in [0.1, 0.15) is 0 Å². The summed E-state index contributed by atoms with van der Waals surface area (Å²) >= 11 is 1.51. The lowest BCUT2D eigenvalue weighted by Gasteiger charge is -2.11. The molecule has 1 heterocycles. The van der Waals surface area contributed by atoms with Crippen LogP contribution in [0.1, 0.15) is 46.6 Å². The number of rotatable bonds is 7. The second kappa shape index (κ2) is 8.52. The predicted molar refractivity (Wildman–Crippen MR) is 107 cm³/mol. The Labute approximate surface area is 163 Å². The Hall–Kier alpha value is -2.41. The number of thioether (sulfide) groups is 1. The SMILES string of the molecule is CSc1nc(C)c(CCC(=O)Nc2cccc(C(=O)NC3CC3)c2)c(C)n1. The number of nitrogens with one attached hydrogen (secondary N) is 2. The molecule has 0 bridgehead atoms. The molecule has 0 atom stereocenters. The summed E-state index contributed by atoms with van der Waals surface area (Å²) < 4.78 is 0. The van der Waals surface area contributed by atoms with Crippen LogP contribution in [-0.2, 0) is 11.2 Å². The zero-order chi connectivity index (χ0) is 19.4. The maximum Gasteiger partial charge on any atom is 0.251 e. The normalized spacial score (nSPS) is 13.3. The van der Waals surface area contributed by atoms with Gasteiger partial charge < -0.3 is 10.6 Å². The van der Waals surface area contributed by atoms with Gasteiger partial charge in [-0.25, -0.2) is 9.97 Å². The van der Waals surface area contributed by atoms with E-state index in [1.807, 2.05) is 20.1 Å². The van der Waals surface area contributed by atoms with E-state index in [9.17, 15) is 9.59 Å². The Morgan fingerprint density at radius 3 is 2.52 bits per heavy atom. The van der Waals surface area contributed by atoms with E-state index < -0.39 is 0 Å². The minimum absolute atomic E-state index is 0.0918. The van der Waals surface area contributed by atoms with Gasteiger partial charge in [-0.3, -0.25) is 9.59 Å². The second-order valence-corrected chi connectivity index (χ2v) is 7.51. The summed E-state index contributed by atoms with van der Waals surface area (Å²) in [5.74, 6) is -0.187. The van der Waals surface area contributed by atoms with Gasteiger partial charge in [0.15, 0.2) is 5.16 Å². The third-order valence-electron chi connectivity index (χ3n) is 4.51. The van der Waals surface area contributed by atoms with Gasteiger partial charge in [-0.05, 0) is 63.1 Å². The van der Waals surface area contributed by atoms with Gasteiger partial charge in [-0.1, -0.05) is 17.8 Å². The van der Waals surface area contributed by atoms with Gasteiger partial charge in [0.05, 0.1) is 0 Å². The van der Waals surface area contributed by atoms with E-state index in [1.165, 1.54) is 11.8 Å². The van der Waals surface area contributed by atoms with Gasteiger partial charge in [0, 0.05) is 35.1 Å². The van der Waals surface area contributed by atoms with Crippen molar-refractivity contribution in [2.75, 3.05) is 11.6 Å². The van der Waals surface area contributed by atoms with Crippen LogP contribution in [0, 0.1) is 13.8 Å². The summed E-state index contributed by atoms with van der Waals surface area (Å²) in [6, 6.07) is 7.34. The van der Waals surface area contributed by atoms with Crippen molar-refractivity contribution in [1.29, 1.82) is 0 Å². The molecule has 1 aliphatic rings. The Morgan fingerprint density at radius 1 is 1.19 bits per heavy atom. The molecule has 1 fully saturated rings. The molecule has 1 saturated carbocycles. The number of anilines is 1. The van der Waals surface area contributed by atoms with Crippen LogP contribution < -0.4 is 10.6 Å². The van der Waals surface area contributed by atoms with Crippen LogP contribution in [0.15, 0.2) is 29.4 Å². The third kappa shape index (κ3) is 5.29. The van der Waals surface area contributed by atoms with E-state index in [1.54, 1.807) is 24.3 Å². The van der Waals surface area contributed by atoms with Crippen molar-refractivity contribution < 1.29 is 9.59 Å². The zero-order valence-electron chi connectivity index (χ0n) is 15.8. The minimum atomic E-state index is -0.0949. The molecule has 1 aromatic heterocycles. The minimum Gasteiger partial charge on any atom is -0.349 e. The van der Waals surface area contributed by atoms with Crippen molar-refractivity contribution in [3.05, 3.63) is 46.8 Å². The van der Waals surface area contributed by atoms with E-state index in [0.29, 0.717) is 30.1 Å². The molecule has 3 rings (SSSR count). The Kier molecular flexibility index (Phi) is 6.11. The Bertz CT molecular complexity index is 842. The fraction of sp³-hybridized carbons (Fsp3) is 0.400. The molecule has 1 aliphatic carbocycles. The fourth-order valence-electron chi connectivity index (χ4n) is 2.86. The lowest BCUT2D eigenvalue weighted by atomic mass is 10.1. The van der Waals surface area contributed by atoms with Gasteiger partial charge in [-0.2, -0.15) is 0 Å². The summed E-state index contributed by atoms with van der Waals surface area (Å²) in [4.78, 5) is 33.4. The lowest BCUT2D eigenvalue weighted by Crippen LogP contribution is -2.25.